The van der Waals surface area contributed by atoms with Gasteiger partial charge in [-0.1, -0.05) is 65.8 Å². The lowest BCUT2D eigenvalue weighted by Gasteiger charge is -2.15. The van der Waals surface area contributed by atoms with E-state index < -0.39 is 0 Å². The maximum Gasteiger partial charge on any atom is 0.162 e. The number of halogens is 2. The van der Waals surface area contributed by atoms with Crippen LogP contribution in [0.25, 0.3) is 0 Å². The van der Waals surface area contributed by atoms with Gasteiger partial charge in [0.2, 0.25) is 0 Å². The highest BCUT2D eigenvalue weighted by Crippen LogP contribution is 2.34. The second-order valence-electron chi connectivity index (χ2n) is 6.48. The van der Waals surface area contributed by atoms with Crippen molar-refractivity contribution in [1.29, 1.82) is 0 Å². The molecule has 5 heteroatoms. The van der Waals surface area contributed by atoms with Crippen molar-refractivity contribution < 1.29 is 9.47 Å². The number of ether oxygens (including phenoxy) is 2. The molecule has 0 aromatic heterocycles. The fraction of sp³-hybridized carbons (Fsp3) is 0.455. The Hall–Kier alpha value is -1.23. The van der Waals surface area contributed by atoms with Crippen LogP contribution >= 0.6 is 27.5 Å². The van der Waals surface area contributed by atoms with E-state index in [1.807, 2.05) is 37.3 Å². The molecule has 3 nitrogen and oxygen atoms in total. The van der Waals surface area contributed by atoms with Crippen LogP contribution < -0.4 is 14.8 Å². The Morgan fingerprint density at radius 3 is 2.56 bits per heavy atom. The number of hydrogen-bond acceptors (Lipinski definition) is 3. The average molecular weight is 455 g/mol. The number of nitrogens with one attached hydrogen (secondary N) is 1. The molecule has 2 rings (SSSR count). The number of unbranched alkanes of at least 4 members (excludes halogenated alkanes) is 3. The molecule has 0 atom stereocenters. The first-order valence-corrected chi connectivity index (χ1v) is 10.8. The molecule has 0 radical (unpaired) electrons. The molecule has 0 unspecified atom stereocenters. The monoisotopic (exact) mass is 453 g/mol. The standard InChI is InChI=1S/C22H29BrClNO2/c1-3-5-6-7-11-25-15-18-13-21(26-4-2)22(14-20(18)23)27-16-17-9-8-10-19(24)12-17/h8-10,12-14,25H,3-7,11,15-16H2,1-2H3. The van der Waals surface area contributed by atoms with Crippen molar-refractivity contribution in [1.82, 2.24) is 5.32 Å². The molecular weight excluding hydrogens is 426 g/mol. The second-order valence-corrected chi connectivity index (χ2v) is 7.77. The van der Waals surface area contributed by atoms with E-state index >= 15 is 0 Å². The Balaban J connectivity index is 1.99. The Kier molecular flexibility index (Phi) is 10.0. The van der Waals surface area contributed by atoms with Gasteiger partial charge in [0.05, 0.1) is 6.61 Å². The van der Waals surface area contributed by atoms with Gasteiger partial charge >= 0.3 is 0 Å². The topological polar surface area (TPSA) is 30.5 Å². The van der Waals surface area contributed by atoms with Crippen molar-refractivity contribution in [2.75, 3.05) is 13.2 Å². The Morgan fingerprint density at radius 1 is 1.00 bits per heavy atom. The quantitative estimate of drug-likeness (QED) is 0.360. The zero-order valence-electron chi connectivity index (χ0n) is 16.2. The van der Waals surface area contributed by atoms with Crippen LogP contribution in [0.1, 0.15) is 50.7 Å². The van der Waals surface area contributed by atoms with Crippen LogP contribution in [0.15, 0.2) is 40.9 Å². The van der Waals surface area contributed by atoms with Gasteiger partial charge in [-0.25, -0.2) is 0 Å². The van der Waals surface area contributed by atoms with Crippen LogP contribution in [0.4, 0.5) is 0 Å². The molecule has 0 aliphatic heterocycles. The van der Waals surface area contributed by atoms with Gasteiger partial charge in [-0.2, -0.15) is 0 Å². The molecule has 2 aromatic carbocycles. The summed E-state index contributed by atoms with van der Waals surface area (Å²) in [5.74, 6) is 1.50. The van der Waals surface area contributed by atoms with Crippen LogP contribution in [0.2, 0.25) is 5.02 Å². The number of benzene rings is 2. The van der Waals surface area contributed by atoms with E-state index in [0.717, 1.165) is 34.6 Å². The molecule has 148 valence electrons. The predicted molar refractivity (Wildman–Crippen MR) is 117 cm³/mol. The summed E-state index contributed by atoms with van der Waals surface area (Å²) in [7, 11) is 0. The lowest BCUT2D eigenvalue weighted by molar-refractivity contribution is 0.269. The maximum absolute atomic E-state index is 6.05. The summed E-state index contributed by atoms with van der Waals surface area (Å²) in [6.07, 6.45) is 5.06. The molecule has 0 amide bonds. The van der Waals surface area contributed by atoms with Gasteiger partial charge in [-0.15, -0.1) is 0 Å². The molecule has 0 aliphatic rings. The Bertz CT molecular complexity index is 709. The minimum atomic E-state index is 0.447. The predicted octanol–water partition coefficient (Wildman–Crippen LogP) is 6.75. The van der Waals surface area contributed by atoms with Gasteiger partial charge in [0.15, 0.2) is 11.5 Å². The molecule has 0 fully saturated rings. The van der Waals surface area contributed by atoms with Crippen molar-refractivity contribution in [2.45, 2.75) is 52.7 Å². The van der Waals surface area contributed by atoms with Gasteiger partial charge in [0.25, 0.3) is 0 Å². The SMILES string of the molecule is CCCCCCNCc1cc(OCC)c(OCc2cccc(Cl)c2)cc1Br. The third-order valence-corrected chi connectivity index (χ3v) is 5.19. The van der Waals surface area contributed by atoms with Crippen molar-refractivity contribution >= 4 is 27.5 Å². The third-order valence-electron chi connectivity index (χ3n) is 4.22. The summed E-state index contributed by atoms with van der Waals surface area (Å²) in [4.78, 5) is 0. The minimum Gasteiger partial charge on any atom is -0.490 e. The zero-order valence-corrected chi connectivity index (χ0v) is 18.5. The highest BCUT2D eigenvalue weighted by molar-refractivity contribution is 9.10. The molecule has 0 aliphatic carbocycles. The average Bonchev–Trinajstić information content (AvgIpc) is 2.65. The Morgan fingerprint density at radius 2 is 1.81 bits per heavy atom. The molecule has 27 heavy (non-hydrogen) atoms. The van der Waals surface area contributed by atoms with E-state index in [4.69, 9.17) is 21.1 Å². The van der Waals surface area contributed by atoms with Crippen LogP contribution in [0.5, 0.6) is 11.5 Å². The van der Waals surface area contributed by atoms with Gasteiger partial charge in [0, 0.05) is 16.0 Å². The molecule has 0 spiro atoms. The van der Waals surface area contributed by atoms with E-state index in [2.05, 4.69) is 34.2 Å². The molecule has 0 heterocycles. The van der Waals surface area contributed by atoms with Crippen LogP contribution in [-0.2, 0) is 13.2 Å². The first-order chi connectivity index (χ1) is 13.1. The minimum absolute atomic E-state index is 0.447. The first kappa shape index (κ1) is 22.1. The number of rotatable bonds is 12. The maximum atomic E-state index is 6.05. The highest BCUT2D eigenvalue weighted by Gasteiger charge is 2.11. The van der Waals surface area contributed by atoms with E-state index in [1.165, 1.54) is 31.2 Å². The summed E-state index contributed by atoms with van der Waals surface area (Å²) in [6, 6.07) is 11.7. The summed E-state index contributed by atoms with van der Waals surface area (Å²) in [5.41, 5.74) is 2.20. The van der Waals surface area contributed by atoms with Crippen molar-refractivity contribution in [3.8, 4) is 11.5 Å². The van der Waals surface area contributed by atoms with Gasteiger partial charge < -0.3 is 14.8 Å². The fourth-order valence-corrected chi connectivity index (χ4v) is 3.46. The van der Waals surface area contributed by atoms with E-state index in [0.29, 0.717) is 18.2 Å². The van der Waals surface area contributed by atoms with Crippen LogP contribution in [0, 0.1) is 0 Å². The van der Waals surface area contributed by atoms with Crippen molar-refractivity contribution in [3.63, 3.8) is 0 Å². The summed E-state index contributed by atoms with van der Waals surface area (Å²) < 4.78 is 12.8. The first-order valence-electron chi connectivity index (χ1n) is 9.67. The molecule has 0 saturated heterocycles. The largest absolute Gasteiger partial charge is 0.490 e. The highest BCUT2D eigenvalue weighted by atomic mass is 79.9. The molecule has 0 bridgehead atoms. The van der Waals surface area contributed by atoms with E-state index in [-0.39, 0.29) is 0 Å². The molecule has 0 saturated carbocycles. The molecular formula is C22H29BrClNO2. The lowest BCUT2D eigenvalue weighted by Crippen LogP contribution is -2.15. The smallest absolute Gasteiger partial charge is 0.162 e. The normalized spacial score (nSPS) is 10.8. The molecule has 1 N–H and O–H groups in total. The lowest BCUT2D eigenvalue weighted by atomic mass is 10.1. The summed E-state index contributed by atoms with van der Waals surface area (Å²) in [6.45, 7) is 7.09. The van der Waals surface area contributed by atoms with E-state index in [9.17, 15) is 0 Å². The van der Waals surface area contributed by atoms with Gasteiger partial charge in [-0.3, -0.25) is 0 Å². The number of hydrogen-bond donors (Lipinski definition) is 1. The van der Waals surface area contributed by atoms with Crippen LogP contribution in [-0.4, -0.2) is 13.2 Å². The zero-order chi connectivity index (χ0) is 19.5. The van der Waals surface area contributed by atoms with Gasteiger partial charge in [0.1, 0.15) is 6.61 Å². The van der Waals surface area contributed by atoms with Crippen molar-refractivity contribution in [2.24, 2.45) is 0 Å². The second kappa shape index (κ2) is 12.3. The van der Waals surface area contributed by atoms with Gasteiger partial charge in [-0.05, 0) is 55.3 Å². The van der Waals surface area contributed by atoms with E-state index in [1.54, 1.807) is 0 Å². The summed E-state index contributed by atoms with van der Waals surface area (Å²) >= 11 is 9.71. The fourth-order valence-electron chi connectivity index (χ4n) is 2.78. The Labute approximate surface area is 176 Å². The third kappa shape index (κ3) is 7.73. The van der Waals surface area contributed by atoms with Crippen LogP contribution in [0.3, 0.4) is 0 Å². The summed E-state index contributed by atoms with van der Waals surface area (Å²) in [5, 5.41) is 4.22. The van der Waals surface area contributed by atoms with Crippen molar-refractivity contribution in [3.05, 3.63) is 57.0 Å². The molecule has 2 aromatic rings.